The van der Waals surface area contributed by atoms with E-state index in [1.807, 2.05) is 0 Å². The highest BCUT2D eigenvalue weighted by Crippen LogP contribution is 2.24. The molecule has 0 spiro atoms. The van der Waals surface area contributed by atoms with Crippen LogP contribution < -0.4 is 0 Å². The normalized spacial score (nSPS) is 10.7. The molecular weight excluding hydrogens is 324 g/mol. The molecular formula is C27H24. The topological polar surface area (TPSA) is 0 Å². The first-order chi connectivity index (χ1) is 13.2. The third-order valence-electron chi connectivity index (χ3n) is 5.02. The Balaban J connectivity index is 1.49. The summed E-state index contributed by atoms with van der Waals surface area (Å²) in [6, 6.07) is 35.2. The molecule has 0 aliphatic heterocycles. The molecule has 132 valence electrons. The van der Waals surface area contributed by atoms with Gasteiger partial charge in [-0.2, -0.15) is 0 Å². The maximum atomic E-state index is 2.24. The minimum absolute atomic E-state index is 0.961. The molecule has 0 fully saturated rings. The fraction of sp³-hybridized carbons (Fsp3) is 0.111. The molecule has 4 rings (SSSR count). The lowest BCUT2D eigenvalue weighted by molar-refractivity contribution is 1.19. The second kappa shape index (κ2) is 7.63. The Hall–Kier alpha value is -3.12. The first-order valence-corrected chi connectivity index (χ1v) is 9.49. The summed E-state index contributed by atoms with van der Waals surface area (Å²) < 4.78 is 0. The van der Waals surface area contributed by atoms with Crippen LogP contribution in [0.1, 0.15) is 22.3 Å². The quantitative estimate of drug-likeness (QED) is 0.365. The molecule has 4 aromatic carbocycles. The van der Waals surface area contributed by atoms with Gasteiger partial charge in [0.05, 0.1) is 0 Å². The fourth-order valence-corrected chi connectivity index (χ4v) is 3.52. The highest BCUT2D eigenvalue weighted by molar-refractivity contribution is 5.65. The molecule has 0 aliphatic carbocycles. The van der Waals surface area contributed by atoms with Gasteiger partial charge in [0.2, 0.25) is 0 Å². The summed E-state index contributed by atoms with van der Waals surface area (Å²) in [5, 5.41) is 0. The van der Waals surface area contributed by atoms with Crippen molar-refractivity contribution < 1.29 is 0 Å². The minimum Gasteiger partial charge on any atom is -0.0614 e. The zero-order valence-electron chi connectivity index (χ0n) is 15.9. The second-order valence-corrected chi connectivity index (χ2v) is 7.31. The molecule has 0 N–H and O–H groups in total. The van der Waals surface area contributed by atoms with Gasteiger partial charge in [0.1, 0.15) is 0 Å². The Bertz CT molecular complexity index is 951. The standard InChI is InChI=1S/C27H24/c1-20-5-3-7-26(17-20)24-13-9-22(10-14-24)19-23-11-15-25(16-12-23)27-8-4-6-21(2)18-27/h3-18H,19H2,1-2H3. The lowest BCUT2D eigenvalue weighted by atomic mass is 9.97. The molecule has 0 saturated carbocycles. The Morgan fingerprint density at radius 1 is 0.444 bits per heavy atom. The van der Waals surface area contributed by atoms with Crippen molar-refractivity contribution in [2.75, 3.05) is 0 Å². The molecule has 27 heavy (non-hydrogen) atoms. The Kier molecular flexibility index (Phi) is 4.89. The van der Waals surface area contributed by atoms with E-state index in [9.17, 15) is 0 Å². The van der Waals surface area contributed by atoms with Crippen molar-refractivity contribution in [3.8, 4) is 22.3 Å². The van der Waals surface area contributed by atoms with Crippen molar-refractivity contribution in [1.29, 1.82) is 0 Å². The molecule has 0 unspecified atom stereocenters. The average Bonchev–Trinajstić information content (AvgIpc) is 2.69. The van der Waals surface area contributed by atoms with Gasteiger partial charge in [-0.3, -0.25) is 0 Å². The smallest absolute Gasteiger partial charge is 0.00258 e. The number of benzene rings is 4. The van der Waals surface area contributed by atoms with Crippen LogP contribution in [0.5, 0.6) is 0 Å². The first-order valence-electron chi connectivity index (χ1n) is 9.49. The predicted molar refractivity (Wildman–Crippen MR) is 116 cm³/mol. The molecule has 0 atom stereocenters. The van der Waals surface area contributed by atoms with Gasteiger partial charge in [-0.1, -0.05) is 108 Å². The van der Waals surface area contributed by atoms with Gasteiger partial charge in [-0.25, -0.2) is 0 Å². The van der Waals surface area contributed by atoms with Crippen LogP contribution in [0.15, 0.2) is 97.1 Å². The van der Waals surface area contributed by atoms with Gasteiger partial charge in [0.25, 0.3) is 0 Å². The van der Waals surface area contributed by atoms with Crippen molar-refractivity contribution in [3.63, 3.8) is 0 Å². The van der Waals surface area contributed by atoms with Gasteiger partial charge >= 0.3 is 0 Å². The van der Waals surface area contributed by atoms with Crippen molar-refractivity contribution in [3.05, 3.63) is 119 Å². The summed E-state index contributed by atoms with van der Waals surface area (Å²) in [6.07, 6.45) is 0.961. The molecule has 0 amide bonds. The highest BCUT2D eigenvalue weighted by Gasteiger charge is 2.02. The van der Waals surface area contributed by atoms with Crippen LogP contribution in [-0.2, 0) is 6.42 Å². The molecule has 0 bridgehead atoms. The largest absolute Gasteiger partial charge is 0.0614 e. The first kappa shape index (κ1) is 17.3. The molecule has 0 heterocycles. The van der Waals surface area contributed by atoms with Crippen LogP contribution in [0.3, 0.4) is 0 Å². The number of hydrogen-bond donors (Lipinski definition) is 0. The third kappa shape index (κ3) is 4.17. The van der Waals surface area contributed by atoms with Crippen molar-refractivity contribution in [2.45, 2.75) is 20.3 Å². The maximum Gasteiger partial charge on any atom is -0.00258 e. The van der Waals surface area contributed by atoms with E-state index in [1.54, 1.807) is 0 Å². The molecule has 0 aliphatic rings. The van der Waals surface area contributed by atoms with Gasteiger partial charge in [-0.05, 0) is 53.6 Å². The number of hydrogen-bond acceptors (Lipinski definition) is 0. The summed E-state index contributed by atoms with van der Waals surface area (Å²) >= 11 is 0. The van der Waals surface area contributed by atoms with Crippen molar-refractivity contribution >= 4 is 0 Å². The van der Waals surface area contributed by atoms with Gasteiger partial charge < -0.3 is 0 Å². The Morgan fingerprint density at radius 2 is 0.852 bits per heavy atom. The van der Waals surface area contributed by atoms with Gasteiger partial charge in [0.15, 0.2) is 0 Å². The Labute approximate surface area is 162 Å². The van der Waals surface area contributed by atoms with Crippen LogP contribution in [0.25, 0.3) is 22.3 Å². The van der Waals surface area contributed by atoms with E-state index in [-0.39, 0.29) is 0 Å². The fourth-order valence-electron chi connectivity index (χ4n) is 3.52. The average molecular weight is 348 g/mol. The summed E-state index contributed by atoms with van der Waals surface area (Å²) in [6.45, 7) is 4.27. The lowest BCUT2D eigenvalue weighted by Crippen LogP contribution is -1.89. The van der Waals surface area contributed by atoms with Gasteiger partial charge in [0, 0.05) is 0 Å². The zero-order chi connectivity index (χ0) is 18.6. The van der Waals surface area contributed by atoms with E-state index >= 15 is 0 Å². The van der Waals surface area contributed by atoms with Crippen LogP contribution in [0.2, 0.25) is 0 Å². The molecule has 0 aromatic heterocycles. The molecule has 4 aromatic rings. The van der Waals surface area contributed by atoms with E-state index < -0.39 is 0 Å². The SMILES string of the molecule is Cc1cccc(-c2ccc(Cc3ccc(-c4cccc(C)c4)cc3)cc2)c1. The van der Waals surface area contributed by atoms with E-state index in [4.69, 9.17) is 0 Å². The lowest BCUT2D eigenvalue weighted by Gasteiger charge is -2.07. The van der Waals surface area contributed by atoms with Gasteiger partial charge in [-0.15, -0.1) is 0 Å². The van der Waals surface area contributed by atoms with E-state index in [0.29, 0.717) is 0 Å². The summed E-state index contributed by atoms with van der Waals surface area (Å²) in [7, 11) is 0. The molecule has 0 heteroatoms. The van der Waals surface area contributed by atoms with E-state index in [0.717, 1.165) is 6.42 Å². The van der Waals surface area contributed by atoms with Crippen LogP contribution in [0.4, 0.5) is 0 Å². The number of aryl methyl sites for hydroxylation is 2. The van der Waals surface area contributed by atoms with Crippen LogP contribution >= 0.6 is 0 Å². The summed E-state index contributed by atoms with van der Waals surface area (Å²) in [4.78, 5) is 0. The minimum atomic E-state index is 0.961. The monoisotopic (exact) mass is 348 g/mol. The number of rotatable bonds is 4. The summed E-state index contributed by atoms with van der Waals surface area (Å²) in [5.74, 6) is 0. The molecule has 0 nitrogen and oxygen atoms in total. The van der Waals surface area contributed by atoms with E-state index in [1.165, 1.54) is 44.5 Å². The molecule has 0 saturated heterocycles. The predicted octanol–water partition coefficient (Wildman–Crippen LogP) is 7.23. The van der Waals surface area contributed by atoms with Crippen molar-refractivity contribution in [2.24, 2.45) is 0 Å². The van der Waals surface area contributed by atoms with Crippen molar-refractivity contribution in [1.82, 2.24) is 0 Å². The van der Waals surface area contributed by atoms with Crippen LogP contribution in [0, 0.1) is 13.8 Å². The zero-order valence-corrected chi connectivity index (χ0v) is 15.9. The molecule has 0 radical (unpaired) electrons. The highest BCUT2D eigenvalue weighted by atomic mass is 14.1. The Morgan fingerprint density at radius 3 is 1.22 bits per heavy atom. The van der Waals surface area contributed by atoms with E-state index in [2.05, 4.69) is 111 Å². The third-order valence-corrected chi connectivity index (χ3v) is 5.02. The summed E-state index contributed by atoms with van der Waals surface area (Å²) in [5.41, 5.74) is 10.4. The maximum absolute atomic E-state index is 2.24. The second-order valence-electron chi connectivity index (χ2n) is 7.31. The van der Waals surface area contributed by atoms with Crippen LogP contribution in [-0.4, -0.2) is 0 Å².